The summed E-state index contributed by atoms with van der Waals surface area (Å²) in [5.74, 6) is -3.57. The number of benzene rings is 2. The molecule has 0 saturated heterocycles. The van der Waals surface area contributed by atoms with Gasteiger partial charge in [-0.05, 0) is 49.7 Å². The van der Waals surface area contributed by atoms with E-state index in [0.717, 1.165) is 18.2 Å². The van der Waals surface area contributed by atoms with Crippen molar-refractivity contribution in [3.05, 3.63) is 64.9 Å². The van der Waals surface area contributed by atoms with Crippen molar-refractivity contribution in [2.75, 3.05) is 7.11 Å². The normalized spacial score (nSPS) is 11.9. The van der Waals surface area contributed by atoms with E-state index >= 15 is 0 Å². The van der Waals surface area contributed by atoms with Gasteiger partial charge in [-0.3, -0.25) is 19.0 Å². The SMILES string of the molecule is COc1cc2c(CC(=O)NC(C)C(=O)O)c(C)n(C(=O)c3ccc(F)cc3)c2cc1F. The lowest BCUT2D eigenvalue weighted by Gasteiger charge is -2.10. The van der Waals surface area contributed by atoms with E-state index in [2.05, 4.69) is 5.32 Å². The Balaban J connectivity index is 2.14. The van der Waals surface area contributed by atoms with Crippen LogP contribution in [0.25, 0.3) is 10.9 Å². The standard InChI is InChI=1S/C22H20F2N2O5/c1-11(22(29)30)25-20(27)9-15-12(2)26(21(28)13-4-6-14(23)7-5-13)18-10-17(24)19(31-3)8-16(15)18/h4-8,10-11H,9H2,1-3H3,(H,25,27)(H,29,30). The van der Waals surface area contributed by atoms with Crippen molar-refractivity contribution in [3.8, 4) is 5.75 Å². The van der Waals surface area contributed by atoms with Crippen LogP contribution in [0.5, 0.6) is 5.75 Å². The summed E-state index contributed by atoms with van der Waals surface area (Å²) in [7, 11) is 1.29. The Morgan fingerprint density at radius 3 is 2.39 bits per heavy atom. The van der Waals surface area contributed by atoms with Crippen LogP contribution in [0.1, 0.15) is 28.5 Å². The summed E-state index contributed by atoms with van der Waals surface area (Å²) < 4.78 is 34.0. The predicted molar refractivity (Wildman–Crippen MR) is 108 cm³/mol. The van der Waals surface area contributed by atoms with Crippen LogP contribution in [0, 0.1) is 18.6 Å². The molecule has 1 heterocycles. The predicted octanol–water partition coefficient (Wildman–Crippen LogP) is 3.06. The number of aliphatic carboxylic acids is 1. The van der Waals surface area contributed by atoms with E-state index in [4.69, 9.17) is 9.84 Å². The summed E-state index contributed by atoms with van der Waals surface area (Å²) in [6.07, 6.45) is -0.238. The van der Waals surface area contributed by atoms with Gasteiger partial charge in [0.15, 0.2) is 11.6 Å². The molecule has 0 bridgehead atoms. The van der Waals surface area contributed by atoms with Gasteiger partial charge in [-0.1, -0.05) is 0 Å². The van der Waals surface area contributed by atoms with Crippen molar-refractivity contribution in [1.82, 2.24) is 9.88 Å². The Hall–Kier alpha value is -3.75. The number of carbonyl (C=O) groups is 3. The number of halogens is 2. The minimum absolute atomic E-state index is 0.0700. The highest BCUT2D eigenvalue weighted by Crippen LogP contribution is 2.32. The smallest absolute Gasteiger partial charge is 0.325 e. The zero-order valence-corrected chi connectivity index (χ0v) is 17.0. The van der Waals surface area contributed by atoms with Gasteiger partial charge in [0.25, 0.3) is 5.91 Å². The Kier molecular flexibility index (Phi) is 6.05. The molecule has 0 radical (unpaired) electrons. The molecule has 1 aromatic heterocycles. The molecular weight excluding hydrogens is 410 g/mol. The molecule has 1 amide bonds. The monoisotopic (exact) mass is 430 g/mol. The van der Waals surface area contributed by atoms with Crippen molar-refractivity contribution >= 4 is 28.7 Å². The molecule has 7 nitrogen and oxygen atoms in total. The third-order valence-corrected chi connectivity index (χ3v) is 4.99. The van der Waals surface area contributed by atoms with Crippen molar-refractivity contribution in [1.29, 1.82) is 0 Å². The summed E-state index contributed by atoms with van der Waals surface area (Å²) in [5.41, 5.74) is 1.17. The summed E-state index contributed by atoms with van der Waals surface area (Å²) in [6.45, 7) is 2.92. The Morgan fingerprint density at radius 2 is 1.81 bits per heavy atom. The molecule has 9 heteroatoms. The third kappa shape index (κ3) is 4.25. The summed E-state index contributed by atoms with van der Waals surface area (Å²) in [4.78, 5) is 36.6. The van der Waals surface area contributed by atoms with E-state index in [1.54, 1.807) is 6.92 Å². The van der Waals surface area contributed by atoms with Gasteiger partial charge < -0.3 is 15.2 Å². The highest BCUT2D eigenvalue weighted by molar-refractivity contribution is 6.05. The average molecular weight is 430 g/mol. The minimum Gasteiger partial charge on any atom is -0.494 e. The topological polar surface area (TPSA) is 97.6 Å². The van der Waals surface area contributed by atoms with Crippen molar-refractivity contribution in [2.24, 2.45) is 0 Å². The van der Waals surface area contributed by atoms with Gasteiger partial charge in [-0.15, -0.1) is 0 Å². The van der Waals surface area contributed by atoms with Crippen molar-refractivity contribution < 1.29 is 33.0 Å². The number of amides is 1. The molecule has 0 aliphatic carbocycles. The van der Waals surface area contributed by atoms with Gasteiger partial charge in [-0.2, -0.15) is 0 Å². The van der Waals surface area contributed by atoms with Crippen LogP contribution >= 0.6 is 0 Å². The van der Waals surface area contributed by atoms with Gasteiger partial charge in [0, 0.05) is 22.7 Å². The second-order valence-corrected chi connectivity index (χ2v) is 7.02. The van der Waals surface area contributed by atoms with E-state index in [1.165, 1.54) is 36.8 Å². The first kappa shape index (κ1) is 21.9. The van der Waals surface area contributed by atoms with Gasteiger partial charge in [0.2, 0.25) is 5.91 Å². The lowest BCUT2D eigenvalue weighted by Crippen LogP contribution is -2.39. The van der Waals surface area contributed by atoms with Gasteiger partial charge in [-0.25, -0.2) is 8.78 Å². The second kappa shape index (κ2) is 8.55. The van der Waals surface area contributed by atoms with Crippen LogP contribution in [0.3, 0.4) is 0 Å². The lowest BCUT2D eigenvalue weighted by atomic mass is 10.1. The van der Waals surface area contributed by atoms with Crippen molar-refractivity contribution in [3.63, 3.8) is 0 Å². The number of rotatable bonds is 6. The molecule has 3 aromatic rings. The molecule has 3 rings (SSSR count). The zero-order valence-electron chi connectivity index (χ0n) is 17.0. The fraction of sp³-hybridized carbons (Fsp3) is 0.227. The largest absolute Gasteiger partial charge is 0.494 e. The molecule has 2 N–H and O–H groups in total. The van der Waals surface area contributed by atoms with Crippen LogP contribution in [-0.4, -0.2) is 40.6 Å². The number of carbonyl (C=O) groups excluding carboxylic acids is 2. The first-order valence-corrected chi connectivity index (χ1v) is 9.34. The number of hydrogen-bond donors (Lipinski definition) is 2. The first-order chi connectivity index (χ1) is 14.6. The highest BCUT2D eigenvalue weighted by atomic mass is 19.1. The van der Waals surface area contributed by atoms with Crippen LogP contribution < -0.4 is 10.1 Å². The lowest BCUT2D eigenvalue weighted by molar-refractivity contribution is -0.141. The number of ether oxygens (including phenoxy) is 1. The van der Waals surface area contributed by atoms with Crippen LogP contribution in [-0.2, 0) is 16.0 Å². The number of carboxylic acids is 1. The summed E-state index contributed by atoms with van der Waals surface area (Å²) in [5, 5.41) is 11.8. The Labute approximate surface area is 176 Å². The fourth-order valence-electron chi connectivity index (χ4n) is 3.36. The van der Waals surface area contributed by atoms with Crippen LogP contribution in [0.2, 0.25) is 0 Å². The number of nitrogens with zero attached hydrogens (tertiary/aromatic N) is 1. The first-order valence-electron chi connectivity index (χ1n) is 9.34. The molecule has 162 valence electrons. The Bertz CT molecular complexity index is 1190. The molecule has 0 aliphatic rings. The molecule has 0 fully saturated rings. The van der Waals surface area contributed by atoms with Crippen LogP contribution in [0.15, 0.2) is 36.4 Å². The van der Waals surface area contributed by atoms with E-state index in [9.17, 15) is 23.2 Å². The van der Waals surface area contributed by atoms with E-state index in [0.29, 0.717) is 16.6 Å². The van der Waals surface area contributed by atoms with E-state index < -0.39 is 35.5 Å². The molecule has 31 heavy (non-hydrogen) atoms. The molecular formula is C22H20F2N2O5. The molecule has 0 aliphatic heterocycles. The number of hydrogen-bond acceptors (Lipinski definition) is 4. The maximum absolute atomic E-state index is 14.4. The minimum atomic E-state index is -1.19. The van der Waals surface area contributed by atoms with Crippen molar-refractivity contribution in [2.45, 2.75) is 26.3 Å². The number of nitrogens with one attached hydrogen (secondary N) is 1. The van der Waals surface area contributed by atoms with Crippen LogP contribution in [0.4, 0.5) is 8.78 Å². The van der Waals surface area contributed by atoms with Gasteiger partial charge >= 0.3 is 5.97 Å². The number of aromatic nitrogens is 1. The zero-order chi connectivity index (χ0) is 22.9. The molecule has 0 saturated carbocycles. The van der Waals surface area contributed by atoms with Gasteiger partial charge in [0.05, 0.1) is 19.0 Å². The highest BCUT2D eigenvalue weighted by Gasteiger charge is 2.24. The average Bonchev–Trinajstić information content (AvgIpc) is 2.97. The molecule has 1 atom stereocenters. The van der Waals surface area contributed by atoms with E-state index in [1.807, 2.05) is 0 Å². The number of fused-ring (bicyclic) bond motifs is 1. The maximum Gasteiger partial charge on any atom is 0.325 e. The summed E-state index contributed by atoms with van der Waals surface area (Å²) in [6, 6.07) is 6.31. The Morgan fingerprint density at radius 1 is 1.16 bits per heavy atom. The molecule has 2 aromatic carbocycles. The number of methoxy groups -OCH3 is 1. The molecule has 1 unspecified atom stereocenters. The molecule has 0 spiro atoms. The maximum atomic E-state index is 14.4. The number of carboxylic acid groups (broad SMARTS) is 1. The van der Waals surface area contributed by atoms with Gasteiger partial charge in [0.1, 0.15) is 11.9 Å². The quantitative estimate of drug-likeness (QED) is 0.627. The summed E-state index contributed by atoms with van der Waals surface area (Å²) >= 11 is 0. The van der Waals surface area contributed by atoms with E-state index in [-0.39, 0.29) is 23.3 Å². The fourth-order valence-corrected chi connectivity index (χ4v) is 3.36. The second-order valence-electron chi connectivity index (χ2n) is 7.02. The third-order valence-electron chi connectivity index (χ3n) is 4.99.